The summed E-state index contributed by atoms with van der Waals surface area (Å²) in [4.78, 5) is 14.4. The van der Waals surface area contributed by atoms with Crippen LogP contribution in [-0.4, -0.2) is 18.9 Å². The summed E-state index contributed by atoms with van der Waals surface area (Å²) in [6.45, 7) is 10.8. The molecule has 1 aliphatic heterocycles. The van der Waals surface area contributed by atoms with E-state index in [0.29, 0.717) is 0 Å². The minimum atomic E-state index is 0.0719. The first-order valence-corrected chi connectivity index (χ1v) is 8.36. The zero-order chi connectivity index (χ0) is 15.4. The summed E-state index contributed by atoms with van der Waals surface area (Å²) in [6.07, 6.45) is 3.95. The molecular weight excluding hydrogens is 258 g/mol. The fraction of sp³-hybridized carbons (Fsp3) is 0.632. The van der Waals surface area contributed by atoms with Crippen LogP contribution in [0.3, 0.4) is 0 Å². The minimum absolute atomic E-state index is 0.0719. The number of benzene rings is 1. The van der Waals surface area contributed by atoms with E-state index in [4.69, 9.17) is 0 Å². The maximum absolute atomic E-state index is 12.0. The van der Waals surface area contributed by atoms with Crippen molar-refractivity contribution < 1.29 is 4.79 Å². The summed E-state index contributed by atoms with van der Waals surface area (Å²) >= 11 is 0. The van der Waals surface area contributed by atoms with E-state index in [-0.39, 0.29) is 11.7 Å². The average Bonchev–Trinajstić information content (AvgIpc) is 2.47. The van der Waals surface area contributed by atoms with E-state index >= 15 is 0 Å². The molecule has 1 fully saturated rings. The molecule has 2 rings (SSSR count). The number of carbonyl (C=O) groups excluding carboxylic acids is 1. The van der Waals surface area contributed by atoms with Crippen molar-refractivity contribution in [2.75, 3.05) is 18.0 Å². The van der Waals surface area contributed by atoms with Crippen molar-refractivity contribution in [2.24, 2.45) is 17.8 Å². The monoisotopic (exact) mass is 287 g/mol. The van der Waals surface area contributed by atoms with Gasteiger partial charge in [-0.1, -0.05) is 27.7 Å². The van der Waals surface area contributed by atoms with Crippen molar-refractivity contribution in [3.05, 3.63) is 29.8 Å². The van der Waals surface area contributed by atoms with Crippen LogP contribution in [0.15, 0.2) is 24.3 Å². The molecule has 0 spiro atoms. The number of carbonyl (C=O) groups is 1. The molecule has 0 saturated carbocycles. The van der Waals surface area contributed by atoms with Crippen LogP contribution in [0.2, 0.25) is 0 Å². The largest absolute Gasteiger partial charge is 0.372 e. The summed E-state index contributed by atoms with van der Waals surface area (Å²) in [6, 6.07) is 8.19. The smallest absolute Gasteiger partial charge is 0.165 e. The van der Waals surface area contributed by atoms with Crippen LogP contribution in [0.25, 0.3) is 0 Å². The Morgan fingerprint density at radius 2 is 1.67 bits per heavy atom. The van der Waals surface area contributed by atoms with E-state index in [9.17, 15) is 4.79 Å². The van der Waals surface area contributed by atoms with Crippen LogP contribution >= 0.6 is 0 Å². The molecule has 116 valence electrons. The summed E-state index contributed by atoms with van der Waals surface area (Å²) < 4.78 is 0. The lowest BCUT2D eigenvalue weighted by Crippen LogP contribution is -2.34. The van der Waals surface area contributed by atoms with Crippen molar-refractivity contribution >= 4 is 11.5 Å². The Hall–Kier alpha value is -1.31. The second-order valence-corrected chi connectivity index (χ2v) is 7.13. The van der Waals surface area contributed by atoms with Crippen molar-refractivity contribution in [1.82, 2.24) is 0 Å². The fourth-order valence-corrected chi connectivity index (χ4v) is 3.26. The van der Waals surface area contributed by atoms with Crippen molar-refractivity contribution in [2.45, 2.75) is 47.0 Å². The van der Waals surface area contributed by atoms with Crippen LogP contribution in [0.1, 0.15) is 57.3 Å². The number of ketones is 1. The molecule has 2 nitrogen and oxygen atoms in total. The predicted molar refractivity (Wildman–Crippen MR) is 90.0 cm³/mol. The van der Waals surface area contributed by atoms with Gasteiger partial charge in [0.05, 0.1) is 0 Å². The number of hydrogen-bond acceptors (Lipinski definition) is 2. The summed E-state index contributed by atoms with van der Waals surface area (Å²) in [5.74, 6) is 2.01. The third kappa shape index (κ3) is 4.33. The Bertz CT molecular complexity index is 453. The Morgan fingerprint density at radius 1 is 1.10 bits per heavy atom. The molecule has 0 unspecified atom stereocenters. The third-order valence-electron chi connectivity index (χ3n) is 4.46. The maximum Gasteiger partial charge on any atom is 0.165 e. The predicted octanol–water partition coefficient (Wildman–Crippen LogP) is 4.79. The van der Waals surface area contributed by atoms with Gasteiger partial charge in [-0.2, -0.15) is 0 Å². The van der Waals surface area contributed by atoms with Gasteiger partial charge < -0.3 is 4.90 Å². The van der Waals surface area contributed by atoms with Gasteiger partial charge in [-0.25, -0.2) is 0 Å². The number of hydrogen-bond donors (Lipinski definition) is 0. The Labute approximate surface area is 129 Å². The van der Waals surface area contributed by atoms with E-state index in [1.807, 2.05) is 26.0 Å². The van der Waals surface area contributed by atoms with Gasteiger partial charge in [0.2, 0.25) is 0 Å². The van der Waals surface area contributed by atoms with Gasteiger partial charge in [-0.05, 0) is 55.4 Å². The van der Waals surface area contributed by atoms with E-state index in [1.165, 1.54) is 24.9 Å². The number of nitrogens with zero attached hydrogens (tertiary/aromatic N) is 1. The second-order valence-electron chi connectivity index (χ2n) is 7.13. The zero-order valence-corrected chi connectivity index (χ0v) is 13.9. The molecule has 1 aromatic rings. The molecular formula is C19H29NO. The zero-order valence-electron chi connectivity index (χ0n) is 13.9. The van der Waals surface area contributed by atoms with Crippen LogP contribution < -0.4 is 4.90 Å². The lowest BCUT2D eigenvalue weighted by molar-refractivity contribution is 0.0939. The van der Waals surface area contributed by atoms with E-state index in [1.54, 1.807) is 0 Å². The quantitative estimate of drug-likeness (QED) is 0.726. The van der Waals surface area contributed by atoms with Crippen molar-refractivity contribution in [1.29, 1.82) is 0 Å². The molecule has 1 heterocycles. The van der Waals surface area contributed by atoms with Gasteiger partial charge in [0.25, 0.3) is 0 Å². The van der Waals surface area contributed by atoms with Crippen LogP contribution in [0.5, 0.6) is 0 Å². The number of Topliss-reactive ketones (excluding diaryl/α,β-unsaturated/α-hetero) is 1. The molecule has 0 N–H and O–H groups in total. The highest BCUT2D eigenvalue weighted by Crippen LogP contribution is 2.27. The Morgan fingerprint density at radius 3 is 2.14 bits per heavy atom. The molecule has 0 aromatic heterocycles. The Balaban J connectivity index is 1.93. The molecule has 1 saturated heterocycles. The SMILES string of the molecule is CC(C)CC1CCN(c2ccc(C(=O)C(C)C)cc2)CC1. The Kier molecular flexibility index (Phi) is 5.44. The highest BCUT2D eigenvalue weighted by Gasteiger charge is 2.20. The molecule has 0 bridgehead atoms. The molecule has 21 heavy (non-hydrogen) atoms. The normalized spacial score (nSPS) is 16.8. The van der Waals surface area contributed by atoms with Gasteiger partial charge in [0, 0.05) is 30.3 Å². The number of anilines is 1. The van der Waals surface area contributed by atoms with Crippen LogP contribution in [0, 0.1) is 17.8 Å². The number of rotatable bonds is 5. The summed E-state index contributed by atoms with van der Waals surface area (Å²) in [7, 11) is 0. The van der Waals surface area contributed by atoms with E-state index < -0.39 is 0 Å². The molecule has 0 atom stereocenters. The lowest BCUT2D eigenvalue weighted by atomic mass is 9.88. The molecule has 0 aliphatic carbocycles. The van der Waals surface area contributed by atoms with Crippen molar-refractivity contribution in [3.63, 3.8) is 0 Å². The molecule has 1 aliphatic rings. The highest BCUT2D eigenvalue weighted by atomic mass is 16.1. The molecule has 0 radical (unpaired) electrons. The second kappa shape index (κ2) is 7.11. The van der Waals surface area contributed by atoms with Gasteiger partial charge in [0.15, 0.2) is 5.78 Å². The lowest BCUT2D eigenvalue weighted by Gasteiger charge is -2.34. The summed E-state index contributed by atoms with van der Waals surface area (Å²) in [5, 5.41) is 0. The summed E-state index contributed by atoms with van der Waals surface area (Å²) in [5.41, 5.74) is 2.10. The minimum Gasteiger partial charge on any atom is -0.372 e. The fourth-order valence-electron chi connectivity index (χ4n) is 3.26. The maximum atomic E-state index is 12.0. The first-order chi connectivity index (χ1) is 9.97. The van der Waals surface area contributed by atoms with Gasteiger partial charge in [-0.3, -0.25) is 4.79 Å². The van der Waals surface area contributed by atoms with E-state index in [2.05, 4.69) is 30.9 Å². The van der Waals surface area contributed by atoms with Crippen molar-refractivity contribution in [3.8, 4) is 0 Å². The molecule has 0 amide bonds. The average molecular weight is 287 g/mol. The first kappa shape index (κ1) is 16.1. The topological polar surface area (TPSA) is 20.3 Å². The molecule has 1 aromatic carbocycles. The van der Waals surface area contributed by atoms with Gasteiger partial charge in [-0.15, -0.1) is 0 Å². The van der Waals surface area contributed by atoms with Gasteiger partial charge in [0.1, 0.15) is 0 Å². The van der Waals surface area contributed by atoms with Gasteiger partial charge >= 0.3 is 0 Å². The van der Waals surface area contributed by atoms with E-state index in [0.717, 1.165) is 30.5 Å². The van der Waals surface area contributed by atoms with Crippen LogP contribution in [-0.2, 0) is 0 Å². The number of piperidine rings is 1. The molecule has 2 heteroatoms. The third-order valence-corrected chi connectivity index (χ3v) is 4.46. The van der Waals surface area contributed by atoms with Crippen LogP contribution in [0.4, 0.5) is 5.69 Å². The standard InChI is InChI=1S/C19H29NO/c1-14(2)13-16-9-11-20(12-10-16)18-7-5-17(6-8-18)19(21)15(3)4/h5-8,14-16H,9-13H2,1-4H3. The highest BCUT2D eigenvalue weighted by molar-refractivity contribution is 5.97. The first-order valence-electron chi connectivity index (χ1n) is 8.36.